The van der Waals surface area contributed by atoms with Gasteiger partial charge in [-0.3, -0.25) is 4.79 Å². The number of aromatic nitrogens is 1. The number of nitrogens with zero attached hydrogens (tertiary/aromatic N) is 1. The highest BCUT2D eigenvalue weighted by atomic mass is 35.5. The molecule has 7 nitrogen and oxygen atoms in total. The van der Waals surface area contributed by atoms with Gasteiger partial charge in [-0.1, -0.05) is 16.8 Å². The predicted molar refractivity (Wildman–Crippen MR) is 98.5 cm³/mol. The molecule has 0 aliphatic carbocycles. The zero-order valence-corrected chi connectivity index (χ0v) is 16.2. The van der Waals surface area contributed by atoms with Gasteiger partial charge in [-0.25, -0.2) is 9.18 Å². The normalized spacial score (nSPS) is 11.7. The topological polar surface area (TPSA) is 90.7 Å². The number of methoxy groups -OCH3 is 1. The van der Waals surface area contributed by atoms with Crippen molar-refractivity contribution in [2.75, 3.05) is 19.1 Å². The van der Waals surface area contributed by atoms with Crippen molar-refractivity contribution in [2.24, 2.45) is 0 Å². The van der Waals surface area contributed by atoms with Crippen LogP contribution in [0.3, 0.4) is 0 Å². The number of ether oxygens (including phenoxy) is 2. The van der Waals surface area contributed by atoms with Gasteiger partial charge in [-0.05, 0) is 36.6 Å². The first-order valence-electron chi connectivity index (χ1n) is 7.85. The summed E-state index contributed by atoms with van der Waals surface area (Å²) < 4.78 is 28.2. The van der Waals surface area contributed by atoms with E-state index in [2.05, 4.69) is 10.5 Å². The van der Waals surface area contributed by atoms with Gasteiger partial charge in [0, 0.05) is 6.07 Å². The van der Waals surface area contributed by atoms with Crippen LogP contribution in [-0.4, -0.2) is 42.2 Å². The van der Waals surface area contributed by atoms with Crippen LogP contribution in [0.4, 0.5) is 4.39 Å². The Bertz CT molecular complexity index is 801. The van der Waals surface area contributed by atoms with Crippen LogP contribution in [0.15, 0.2) is 28.8 Å². The molecule has 1 aromatic carbocycles. The molecule has 146 valence electrons. The molecule has 0 saturated carbocycles. The van der Waals surface area contributed by atoms with E-state index in [-0.39, 0.29) is 28.8 Å². The van der Waals surface area contributed by atoms with Gasteiger partial charge < -0.3 is 19.3 Å². The Hall–Kier alpha value is -2.26. The number of rotatable bonds is 9. The molecule has 1 atom stereocenters. The summed E-state index contributed by atoms with van der Waals surface area (Å²) >= 11 is 7.42. The summed E-state index contributed by atoms with van der Waals surface area (Å²) in [6.45, 7) is -0.0570. The molecule has 10 heteroatoms. The maximum absolute atomic E-state index is 13.0. The van der Waals surface area contributed by atoms with Gasteiger partial charge in [0.15, 0.2) is 11.5 Å². The quantitative estimate of drug-likeness (QED) is 0.628. The minimum Gasteiger partial charge on any atom is -0.484 e. The zero-order chi connectivity index (χ0) is 19.8. The molecule has 1 heterocycles. The third-order valence-electron chi connectivity index (χ3n) is 3.46. The number of nitrogens with one attached hydrogen (secondary N) is 1. The van der Waals surface area contributed by atoms with Gasteiger partial charge in [0.1, 0.15) is 24.2 Å². The molecule has 0 fully saturated rings. The van der Waals surface area contributed by atoms with Gasteiger partial charge >= 0.3 is 5.97 Å². The van der Waals surface area contributed by atoms with Crippen molar-refractivity contribution in [3.63, 3.8) is 0 Å². The van der Waals surface area contributed by atoms with Crippen LogP contribution in [-0.2, 0) is 16.1 Å². The Balaban J connectivity index is 1.96. The largest absolute Gasteiger partial charge is 0.484 e. The molecule has 27 heavy (non-hydrogen) atoms. The summed E-state index contributed by atoms with van der Waals surface area (Å²) in [4.78, 5) is 24.0. The summed E-state index contributed by atoms with van der Waals surface area (Å²) in [5, 5.41) is 6.35. The summed E-state index contributed by atoms with van der Waals surface area (Å²) in [6.07, 6.45) is 2.32. The lowest BCUT2D eigenvalue weighted by Gasteiger charge is -2.14. The molecule has 1 amide bonds. The van der Waals surface area contributed by atoms with Crippen LogP contribution < -0.4 is 10.1 Å². The molecular formula is C17H18ClFN2O5S. The first kappa shape index (κ1) is 21.0. The molecule has 0 aliphatic rings. The lowest BCUT2D eigenvalue weighted by molar-refractivity contribution is -0.142. The van der Waals surface area contributed by atoms with Crippen molar-refractivity contribution < 1.29 is 28.0 Å². The number of hydrogen-bond donors (Lipinski definition) is 1. The van der Waals surface area contributed by atoms with E-state index in [1.165, 1.54) is 25.3 Å². The van der Waals surface area contributed by atoms with Crippen molar-refractivity contribution in [1.82, 2.24) is 10.5 Å². The van der Waals surface area contributed by atoms with E-state index < -0.39 is 23.7 Å². The van der Waals surface area contributed by atoms with E-state index in [9.17, 15) is 14.0 Å². The highest BCUT2D eigenvalue weighted by Gasteiger charge is 2.23. The van der Waals surface area contributed by atoms with Gasteiger partial charge in [0.05, 0.1) is 12.1 Å². The molecule has 0 saturated heterocycles. The smallest absolute Gasteiger partial charge is 0.328 e. The SMILES string of the molecule is COC(=O)[C@H](CCSC)NC(=O)c1cc(COc2ccc(F)cc2Cl)on1. The molecule has 0 bridgehead atoms. The zero-order valence-electron chi connectivity index (χ0n) is 14.7. The fourth-order valence-electron chi connectivity index (χ4n) is 2.09. The van der Waals surface area contributed by atoms with Crippen molar-refractivity contribution in [3.05, 3.63) is 46.6 Å². The monoisotopic (exact) mass is 416 g/mol. The van der Waals surface area contributed by atoms with Crippen molar-refractivity contribution >= 4 is 35.2 Å². The van der Waals surface area contributed by atoms with Gasteiger partial charge in [0.2, 0.25) is 0 Å². The van der Waals surface area contributed by atoms with Crippen LogP contribution in [0.25, 0.3) is 0 Å². The molecule has 2 rings (SSSR count). The Morgan fingerprint density at radius 2 is 2.19 bits per heavy atom. The lowest BCUT2D eigenvalue weighted by Crippen LogP contribution is -2.42. The van der Waals surface area contributed by atoms with Crippen molar-refractivity contribution in [3.8, 4) is 5.75 Å². The maximum atomic E-state index is 13.0. The first-order chi connectivity index (χ1) is 12.9. The number of carbonyl (C=O) groups is 2. The molecule has 0 unspecified atom stereocenters. The molecule has 0 radical (unpaired) electrons. The highest BCUT2D eigenvalue weighted by molar-refractivity contribution is 7.98. The number of thioether (sulfide) groups is 1. The molecule has 1 N–H and O–H groups in total. The van der Waals surface area contributed by atoms with Gasteiger partial charge in [-0.2, -0.15) is 11.8 Å². The van der Waals surface area contributed by atoms with Crippen LogP contribution in [0.2, 0.25) is 5.02 Å². The Kier molecular flexibility index (Phi) is 7.93. The summed E-state index contributed by atoms with van der Waals surface area (Å²) in [6, 6.07) is 4.33. The number of esters is 1. The van der Waals surface area contributed by atoms with Gasteiger partial charge in [0.25, 0.3) is 5.91 Å². The standard InChI is InChI=1S/C17H18ClFN2O5S/c1-24-17(23)13(5-6-27-2)20-16(22)14-8-11(26-21-14)9-25-15-4-3-10(19)7-12(15)18/h3-4,7-8,13H,5-6,9H2,1-2H3,(H,20,22)/t13-/m0/s1. The predicted octanol–water partition coefficient (Wildman–Crippen LogP) is 3.07. The van der Waals surface area contributed by atoms with Crippen LogP contribution in [0.5, 0.6) is 5.75 Å². The van der Waals surface area contributed by atoms with Crippen molar-refractivity contribution in [2.45, 2.75) is 19.1 Å². The second-order valence-electron chi connectivity index (χ2n) is 5.37. The lowest BCUT2D eigenvalue weighted by atomic mass is 10.2. The summed E-state index contributed by atoms with van der Waals surface area (Å²) in [7, 11) is 1.26. The second-order valence-corrected chi connectivity index (χ2v) is 6.77. The fourth-order valence-corrected chi connectivity index (χ4v) is 2.78. The van der Waals surface area contributed by atoms with Crippen LogP contribution in [0.1, 0.15) is 22.7 Å². The number of hydrogen-bond acceptors (Lipinski definition) is 7. The maximum Gasteiger partial charge on any atom is 0.328 e. The summed E-state index contributed by atoms with van der Waals surface area (Å²) in [5.74, 6) is -0.372. The second kappa shape index (κ2) is 10.2. The van der Waals surface area contributed by atoms with Crippen molar-refractivity contribution in [1.29, 1.82) is 0 Å². The summed E-state index contributed by atoms with van der Waals surface area (Å²) in [5.41, 5.74) is -0.00291. The average molecular weight is 417 g/mol. The molecule has 0 spiro atoms. The van der Waals surface area contributed by atoms with E-state index in [0.717, 1.165) is 6.07 Å². The molecule has 2 aromatic rings. The number of benzene rings is 1. The number of carbonyl (C=O) groups excluding carboxylic acids is 2. The van der Waals surface area contributed by atoms with E-state index in [0.29, 0.717) is 12.2 Å². The van der Waals surface area contributed by atoms with E-state index >= 15 is 0 Å². The average Bonchev–Trinajstić information content (AvgIpc) is 3.12. The van der Waals surface area contributed by atoms with Crippen LogP contribution in [0, 0.1) is 5.82 Å². The minimum absolute atomic E-state index is 0.00291. The Morgan fingerprint density at radius 1 is 1.41 bits per heavy atom. The highest BCUT2D eigenvalue weighted by Crippen LogP contribution is 2.25. The minimum atomic E-state index is -0.774. The molecule has 0 aliphatic heterocycles. The van der Waals surface area contributed by atoms with Gasteiger partial charge in [-0.15, -0.1) is 0 Å². The number of amides is 1. The fraction of sp³-hybridized carbons (Fsp3) is 0.353. The van der Waals surface area contributed by atoms with E-state index in [4.69, 9.17) is 25.6 Å². The molecular weight excluding hydrogens is 399 g/mol. The molecule has 1 aromatic heterocycles. The third kappa shape index (κ3) is 6.14. The van der Waals surface area contributed by atoms with E-state index in [1.807, 2.05) is 6.26 Å². The van der Waals surface area contributed by atoms with E-state index in [1.54, 1.807) is 11.8 Å². The third-order valence-corrected chi connectivity index (χ3v) is 4.40. The first-order valence-corrected chi connectivity index (χ1v) is 9.62. The Labute approximate surface area is 164 Å². The van der Waals surface area contributed by atoms with Crippen LogP contribution >= 0.6 is 23.4 Å². The Morgan fingerprint density at radius 3 is 2.85 bits per heavy atom. The number of halogens is 2.